The van der Waals surface area contributed by atoms with Crippen molar-refractivity contribution >= 4 is 56.0 Å². The number of nitrogens with one attached hydrogen (secondary N) is 5. The molecule has 2 unspecified atom stereocenters. The van der Waals surface area contributed by atoms with Gasteiger partial charge in [-0.3, -0.25) is 19.2 Å². The molecule has 2 aromatic heterocycles. The molecule has 0 saturated carbocycles. The van der Waals surface area contributed by atoms with Crippen molar-refractivity contribution in [3.8, 4) is 5.75 Å². The van der Waals surface area contributed by atoms with Gasteiger partial charge in [-0.2, -0.15) is 0 Å². The predicted molar refractivity (Wildman–Crippen MR) is 172 cm³/mol. The normalized spacial score (nSPS) is 12.3. The number of hydrogen-bond acceptors (Lipinski definition) is 7. The van der Waals surface area contributed by atoms with Crippen molar-refractivity contribution in [3.63, 3.8) is 0 Å². The second-order valence-corrected chi connectivity index (χ2v) is 11.5. The molecule has 5 aromatic rings. The van der Waals surface area contributed by atoms with Crippen LogP contribution in [0.25, 0.3) is 21.0 Å². The van der Waals surface area contributed by atoms with Crippen LogP contribution in [0.15, 0.2) is 97.3 Å². The molecular weight excluding hydrogens is 594 g/mol. The zero-order valence-electron chi connectivity index (χ0n) is 24.0. The number of aliphatic hydroxyl groups is 1. The summed E-state index contributed by atoms with van der Waals surface area (Å²) in [7, 11) is 0. The monoisotopic (exact) mass is 625 g/mol. The number of H-pyrrole nitrogens is 1. The Kier molecular flexibility index (Phi) is 9.44. The smallest absolute Gasteiger partial charge is 0.267 e. The predicted octanol–water partition coefficient (Wildman–Crippen LogP) is 3.53. The highest BCUT2D eigenvalue weighted by Gasteiger charge is 2.28. The quantitative estimate of drug-likeness (QED) is 0.105. The van der Waals surface area contributed by atoms with Crippen molar-refractivity contribution in [2.45, 2.75) is 18.5 Å². The molecule has 0 bridgehead atoms. The maximum absolute atomic E-state index is 13.7. The molecule has 2 atom stereocenters. The molecule has 2 heterocycles. The van der Waals surface area contributed by atoms with Crippen molar-refractivity contribution in [3.05, 3.63) is 113 Å². The number of para-hydroxylation sites is 1. The molecule has 11 nitrogen and oxygen atoms in total. The summed E-state index contributed by atoms with van der Waals surface area (Å²) in [6.45, 7) is 2.80. The fourth-order valence-corrected chi connectivity index (χ4v) is 5.65. The number of aromatic nitrogens is 1. The van der Waals surface area contributed by atoms with Crippen molar-refractivity contribution in [1.29, 1.82) is 0 Å². The van der Waals surface area contributed by atoms with Crippen LogP contribution in [0.1, 0.15) is 25.7 Å². The van der Waals surface area contributed by atoms with Crippen LogP contribution in [0.2, 0.25) is 0 Å². The van der Waals surface area contributed by atoms with Crippen LogP contribution in [-0.4, -0.2) is 64.0 Å². The maximum atomic E-state index is 13.7. The number of carbonyl (C=O) groups is 4. The standard InChI is InChI=1S/C33H31N5O6S/c1-19(39)17-34-31(42)27(18-35-30(41)26-15-21-6-2-4-8-24(21)36-26)38-32(43)25(14-20-10-12-23(40)13-11-20)37-33(44)29-16-22-7-3-5-9-28(22)45-29/h2-13,15-16,25,27,36,39-40H,1,14,17-18H2,(H,34,42)(H,35,41)(H,37,44)(H,38,43). The number of hydrogen-bond donors (Lipinski definition) is 7. The largest absolute Gasteiger partial charge is 0.511 e. The molecule has 0 aliphatic heterocycles. The molecule has 0 aliphatic carbocycles. The summed E-state index contributed by atoms with van der Waals surface area (Å²) in [5.74, 6) is -2.59. The first kappa shape index (κ1) is 30.8. The average Bonchev–Trinajstić information content (AvgIpc) is 3.67. The van der Waals surface area contributed by atoms with E-state index in [1.807, 2.05) is 48.5 Å². The Bertz CT molecular complexity index is 1810. The van der Waals surface area contributed by atoms with Crippen molar-refractivity contribution < 1.29 is 29.4 Å². The summed E-state index contributed by atoms with van der Waals surface area (Å²) in [5, 5.41) is 31.5. The number of thiophene rings is 1. The Labute approximate surface area is 262 Å². The van der Waals surface area contributed by atoms with Gasteiger partial charge in [-0.05, 0) is 47.3 Å². The van der Waals surface area contributed by atoms with E-state index in [4.69, 9.17) is 0 Å². The van der Waals surface area contributed by atoms with E-state index in [1.54, 1.807) is 24.3 Å². The maximum Gasteiger partial charge on any atom is 0.267 e. The second-order valence-electron chi connectivity index (χ2n) is 10.4. The van der Waals surface area contributed by atoms with Gasteiger partial charge in [0.1, 0.15) is 29.3 Å². The number of aromatic hydroxyl groups is 1. The molecule has 0 saturated heterocycles. The molecule has 0 spiro atoms. The highest BCUT2D eigenvalue weighted by atomic mass is 32.1. The number of carbonyl (C=O) groups excluding carboxylic acids is 4. The van der Waals surface area contributed by atoms with Gasteiger partial charge in [0.15, 0.2) is 0 Å². The number of phenolic OH excluding ortho intramolecular Hbond substituents is 1. The Balaban J connectivity index is 1.34. The van der Waals surface area contributed by atoms with E-state index in [-0.39, 0.29) is 36.7 Å². The number of rotatable bonds is 12. The lowest BCUT2D eigenvalue weighted by molar-refractivity contribution is -0.129. The number of aliphatic hydroxyl groups excluding tert-OH is 1. The zero-order valence-corrected chi connectivity index (χ0v) is 24.8. The van der Waals surface area contributed by atoms with E-state index in [9.17, 15) is 29.4 Å². The molecule has 45 heavy (non-hydrogen) atoms. The van der Waals surface area contributed by atoms with Gasteiger partial charge in [-0.25, -0.2) is 0 Å². The lowest BCUT2D eigenvalue weighted by atomic mass is 10.0. The van der Waals surface area contributed by atoms with Crippen LogP contribution in [0.4, 0.5) is 0 Å². The van der Waals surface area contributed by atoms with Crippen LogP contribution < -0.4 is 21.3 Å². The zero-order chi connectivity index (χ0) is 31.9. The Hall–Kier alpha value is -5.62. The third-order valence-electron chi connectivity index (χ3n) is 6.99. The first-order valence-electron chi connectivity index (χ1n) is 14.0. The van der Waals surface area contributed by atoms with E-state index in [2.05, 4.69) is 32.8 Å². The van der Waals surface area contributed by atoms with Crippen LogP contribution in [0.3, 0.4) is 0 Å². The Morgan fingerprint density at radius 2 is 1.51 bits per heavy atom. The fraction of sp³-hybridized carbons (Fsp3) is 0.152. The highest BCUT2D eigenvalue weighted by molar-refractivity contribution is 7.20. The molecule has 0 radical (unpaired) electrons. The minimum absolute atomic E-state index is 0.0435. The number of fused-ring (bicyclic) bond motifs is 2. The lowest BCUT2D eigenvalue weighted by Crippen LogP contribution is -2.57. The van der Waals surface area contributed by atoms with E-state index in [0.29, 0.717) is 10.4 Å². The summed E-state index contributed by atoms with van der Waals surface area (Å²) in [6.07, 6.45) is 0.0476. The van der Waals surface area contributed by atoms with Crippen LogP contribution in [0, 0.1) is 0 Å². The van der Waals surface area contributed by atoms with Gasteiger partial charge in [-0.1, -0.05) is 55.1 Å². The van der Waals surface area contributed by atoms with Crippen LogP contribution in [-0.2, 0) is 16.0 Å². The molecule has 7 N–H and O–H groups in total. The summed E-state index contributed by atoms with van der Waals surface area (Å²) in [4.78, 5) is 56.5. The topological polar surface area (TPSA) is 173 Å². The number of benzene rings is 3. The summed E-state index contributed by atoms with van der Waals surface area (Å²) >= 11 is 1.28. The van der Waals surface area contributed by atoms with Gasteiger partial charge in [0.2, 0.25) is 11.8 Å². The van der Waals surface area contributed by atoms with Gasteiger partial charge in [0.05, 0.1) is 11.4 Å². The summed E-state index contributed by atoms with van der Waals surface area (Å²) in [5.41, 5.74) is 1.68. The third-order valence-corrected chi connectivity index (χ3v) is 8.10. The number of phenols is 1. The average molecular weight is 626 g/mol. The molecule has 0 aliphatic rings. The van der Waals surface area contributed by atoms with E-state index >= 15 is 0 Å². The molecule has 5 rings (SSSR count). The van der Waals surface area contributed by atoms with Crippen molar-refractivity contribution in [2.24, 2.45) is 0 Å². The molecule has 0 fully saturated rings. The van der Waals surface area contributed by atoms with Crippen LogP contribution in [0.5, 0.6) is 5.75 Å². The van der Waals surface area contributed by atoms with E-state index < -0.39 is 35.7 Å². The van der Waals surface area contributed by atoms with Crippen molar-refractivity contribution in [2.75, 3.05) is 13.1 Å². The molecule has 4 amide bonds. The van der Waals surface area contributed by atoms with Gasteiger partial charge in [-0.15, -0.1) is 11.3 Å². The molecular formula is C33H31N5O6S. The van der Waals surface area contributed by atoms with E-state index in [0.717, 1.165) is 21.0 Å². The Morgan fingerprint density at radius 3 is 2.22 bits per heavy atom. The molecule has 3 aromatic carbocycles. The first-order valence-corrected chi connectivity index (χ1v) is 14.9. The third kappa shape index (κ3) is 7.86. The SMILES string of the molecule is C=C(O)CNC(=O)C(CNC(=O)c1cc2ccccc2[nH]1)NC(=O)C(Cc1ccc(O)cc1)NC(=O)c1cc2ccccc2s1. The number of aromatic amines is 1. The lowest BCUT2D eigenvalue weighted by Gasteiger charge is -2.23. The van der Waals surface area contributed by atoms with Gasteiger partial charge >= 0.3 is 0 Å². The molecule has 12 heteroatoms. The van der Waals surface area contributed by atoms with Crippen molar-refractivity contribution in [1.82, 2.24) is 26.3 Å². The van der Waals surface area contributed by atoms with Gasteiger partial charge in [0.25, 0.3) is 11.8 Å². The Morgan fingerprint density at radius 1 is 0.800 bits per heavy atom. The fourth-order valence-electron chi connectivity index (χ4n) is 4.68. The first-order chi connectivity index (χ1) is 21.7. The summed E-state index contributed by atoms with van der Waals surface area (Å²) < 4.78 is 0.912. The van der Waals surface area contributed by atoms with Crippen LogP contribution >= 0.6 is 11.3 Å². The van der Waals surface area contributed by atoms with Gasteiger partial charge < -0.3 is 36.5 Å². The minimum Gasteiger partial charge on any atom is -0.511 e. The highest BCUT2D eigenvalue weighted by Crippen LogP contribution is 2.25. The van der Waals surface area contributed by atoms with Gasteiger partial charge in [0, 0.05) is 28.6 Å². The minimum atomic E-state index is -1.27. The van der Waals surface area contributed by atoms with E-state index in [1.165, 1.54) is 23.5 Å². The number of amides is 4. The second kappa shape index (κ2) is 13.8. The molecule has 230 valence electrons. The summed E-state index contributed by atoms with van der Waals surface area (Å²) in [6, 6.07) is 22.1.